The molecule has 4 nitrogen and oxygen atoms in total. The van der Waals surface area contributed by atoms with Crippen LogP contribution < -0.4 is 11.1 Å². The quantitative estimate of drug-likeness (QED) is 0.688. The molecule has 4 heteroatoms. The van der Waals surface area contributed by atoms with Crippen LogP contribution in [0.5, 0.6) is 0 Å². The number of carbonyl (C=O) groups is 1. The summed E-state index contributed by atoms with van der Waals surface area (Å²) in [7, 11) is 0. The molecular weight excluding hydrogens is 190 g/mol. The van der Waals surface area contributed by atoms with E-state index in [2.05, 4.69) is 11.4 Å². The van der Waals surface area contributed by atoms with Crippen molar-refractivity contribution in [1.82, 2.24) is 5.32 Å². The maximum atomic E-state index is 11.6. The highest BCUT2D eigenvalue weighted by atomic mass is 16.1. The Morgan fingerprint density at radius 3 is 2.67 bits per heavy atom. The maximum Gasteiger partial charge on any atom is 0.222 e. The van der Waals surface area contributed by atoms with Gasteiger partial charge in [0.05, 0.1) is 11.5 Å². The number of nitrogens with one attached hydrogen (secondary N) is 1. The van der Waals surface area contributed by atoms with Gasteiger partial charge in [0.15, 0.2) is 0 Å². The first-order valence-electron chi connectivity index (χ1n) is 5.32. The first kappa shape index (κ1) is 13.9. The predicted octanol–water partition coefficient (Wildman–Crippen LogP) is 1.03. The molecule has 1 atom stereocenters. The van der Waals surface area contributed by atoms with Gasteiger partial charge >= 0.3 is 0 Å². The van der Waals surface area contributed by atoms with Crippen LogP contribution in [0.15, 0.2) is 0 Å². The second-order valence-corrected chi connectivity index (χ2v) is 4.55. The normalized spacial score (nSPS) is 13.0. The first-order chi connectivity index (χ1) is 6.93. The minimum Gasteiger partial charge on any atom is -0.354 e. The minimum atomic E-state index is -0.497. The molecule has 0 aliphatic rings. The van der Waals surface area contributed by atoms with Gasteiger partial charge in [-0.15, -0.1) is 0 Å². The van der Waals surface area contributed by atoms with Crippen molar-refractivity contribution in [1.29, 1.82) is 5.26 Å². The fourth-order valence-corrected chi connectivity index (χ4v) is 1.08. The highest BCUT2D eigenvalue weighted by molar-refractivity contribution is 5.78. The lowest BCUT2D eigenvalue weighted by Crippen LogP contribution is -2.36. The van der Waals surface area contributed by atoms with Crippen LogP contribution in [0.25, 0.3) is 0 Å². The molecule has 0 aromatic heterocycles. The molecule has 0 saturated heterocycles. The summed E-state index contributed by atoms with van der Waals surface area (Å²) in [4.78, 5) is 11.6. The van der Waals surface area contributed by atoms with E-state index in [9.17, 15) is 4.79 Å². The Bertz CT molecular complexity index is 243. The Labute approximate surface area is 91.8 Å². The number of hydrogen-bond acceptors (Lipinski definition) is 3. The Balaban J connectivity index is 3.89. The third-order valence-corrected chi connectivity index (χ3v) is 2.30. The fraction of sp³-hybridized carbons (Fsp3) is 0.818. The molecule has 1 unspecified atom stereocenters. The van der Waals surface area contributed by atoms with Crippen molar-refractivity contribution in [3.05, 3.63) is 0 Å². The molecule has 0 spiro atoms. The van der Waals surface area contributed by atoms with Crippen molar-refractivity contribution in [3.63, 3.8) is 0 Å². The molecule has 0 fully saturated rings. The lowest BCUT2D eigenvalue weighted by molar-refractivity contribution is -0.125. The summed E-state index contributed by atoms with van der Waals surface area (Å²) in [6.45, 7) is 6.50. The number of nitrogens with zero attached hydrogens (tertiary/aromatic N) is 1. The van der Waals surface area contributed by atoms with Crippen molar-refractivity contribution in [2.45, 2.75) is 33.6 Å². The van der Waals surface area contributed by atoms with Crippen LogP contribution in [0, 0.1) is 22.7 Å². The van der Waals surface area contributed by atoms with Crippen LogP contribution in [-0.2, 0) is 4.79 Å². The highest BCUT2D eigenvalue weighted by Gasteiger charge is 2.19. The molecule has 0 aliphatic heterocycles. The van der Waals surface area contributed by atoms with Crippen molar-refractivity contribution < 1.29 is 4.79 Å². The van der Waals surface area contributed by atoms with Crippen LogP contribution in [0.4, 0.5) is 0 Å². The second kappa shape index (κ2) is 6.41. The minimum absolute atomic E-state index is 0.00627. The van der Waals surface area contributed by atoms with Crippen LogP contribution in [0.1, 0.15) is 33.6 Å². The molecule has 0 radical (unpaired) electrons. The van der Waals surface area contributed by atoms with E-state index >= 15 is 0 Å². The maximum absolute atomic E-state index is 11.6. The van der Waals surface area contributed by atoms with Crippen molar-refractivity contribution in [2.75, 3.05) is 13.1 Å². The van der Waals surface area contributed by atoms with E-state index in [4.69, 9.17) is 11.0 Å². The van der Waals surface area contributed by atoms with Crippen molar-refractivity contribution >= 4 is 5.91 Å². The summed E-state index contributed by atoms with van der Waals surface area (Å²) in [6.07, 6.45) is 1.66. The number of amides is 1. The van der Waals surface area contributed by atoms with Gasteiger partial charge in [0.2, 0.25) is 5.91 Å². The van der Waals surface area contributed by atoms with Gasteiger partial charge in [-0.3, -0.25) is 4.79 Å². The fourth-order valence-electron chi connectivity index (χ4n) is 1.08. The van der Waals surface area contributed by atoms with Gasteiger partial charge in [-0.1, -0.05) is 6.92 Å². The molecule has 0 bridgehead atoms. The molecule has 0 aromatic carbocycles. The number of nitrogens with two attached hydrogens (primary N) is 1. The Hall–Kier alpha value is -1.08. The standard InChI is InChI=1S/C11H21N3O/c1-9(5-4-6-12)10(15)14-8-11(2,3)7-13/h9H,4-6,8,12H2,1-3H3,(H,14,15). The summed E-state index contributed by atoms with van der Waals surface area (Å²) >= 11 is 0. The average Bonchev–Trinajstić information content (AvgIpc) is 2.22. The third-order valence-electron chi connectivity index (χ3n) is 2.30. The highest BCUT2D eigenvalue weighted by Crippen LogP contribution is 2.11. The summed E-state index contributed by atoms with van der Waals surface area (Å²) in [6, 6.07) is 2.14. The zero-order valence-corrected chi connectivity index (χ0v) is 9.84. The number of rotatable bonds is 6. The zero-order chi connectivity index (χ0) is 11.9. The van der Waals surface area contributed by atoms with E-state index in [-0.39, 0.29) is 11.8 Å². The van der Waals surface area contributed by atoms with Gasteiger partial charge < -0.3 is 11.1 Å². The Kier molecular flexibility index (Phi) is 5.95. The van der Waals surface area contributed by atoms with E-state index in [1.165, 1.54) is 0 Å². The molecule has 0 rings (SSSR count). The van der Waals surface area contributed by atoms with Gasteiger partial charge in [0, 0.05) is 12.5 Å². The van der Waals surface area contributed by atoms with Gasteiger partial charge in [0.25, 0.3) is 0 Å². The number of hydrogen-bond donors (Lipinski definition) is 2. The van der Waals surface area contributed by atoms with Gasteiger partial charge in [-0.25, -0.2) is 0 Å². The summed E-state index contributed by atoms with van der Waals surface area (Å²) in [5, 5.41) is 11.5. The second-order valence-electron chi connectivity index (χ2n) is 4.55. The van der Waals surface area contributed by atoms with E-state index in [1.807, 2.05) is 6.92 Å². The Morgan fingerprint density at radius 2 is 2.20 bits per heavy atom. The predicted molar refractivity (Wildman–Crippen MR) is 59.9 cm³/mol. The molecule has 0 aromatic rings. The van der Waals surface area contributed by atoms with Crippen LogP contribution in [0.3, 0.4) is 0 Å². The number of carbonyl (C=O) groups excluding carboxylic acids is 1. The van der Waals surface area contributed by atoms with E-state index in [0.29, 0.717) is 13.1 Å². The largest absolute Gasteiger partial charge is 0.354 e. The average molecular weight is 211 g/mol. The third kappa shape index (κ3) is 6.08. The number of nitriles is 1. The summed E-state index contributed by atoms with van der Waals surface area (Å²) in [5.74, 6) is -0.0187. The Morgan fingerprint density at radius 1 is 1.60 bits per heavy atom. The first-order valence-corrected chi connectivity index (χ1v) is 5.32. The summed E-state index contributed by atoms with van der Waals surface area (Å²) in [5.41, 5.74) is 4.87. The van der Waals surface area contributed by atoms with E-state index in [1.54, 1.807) is 13.8 Å². The van der Waals surface area contributed by atoms with Crippen LogP contribution >= 0.6 is 0 Å². The van der Waals surface area contributed by atoms with Crippen molar-refractivity contribution in [2.24, 2.45) is 17.1 Å². The lowest BCUT2D eigenvalue weighted by atomic mass is 9.95. The molecule has 15 heavy (non-hydrogen) atoms. The monoisotopic (exact) mass is 211 g/mol. The van der Waals surface area contributed by atoms with Crippen LogP contribution in [-0.4, -0.2) is 19.0 Å². The van der Waals surface area contributed by atoms with E-state index in [0.717, 1.165) is 12.8 Å². The lowest BCUT2D eigenvalue weighted by Gasteiger charge is -2.18. The molecule has 3 N–H and O–H groups in total. The zero-order valence-electron chi connectivity index (χ0n) is 9.84. The van der Waals surface area contributed by atoms with Gasteiger partial charge in [-0.2, -0.15) is 5.26 Å². The molecular formula is C11H21N3O. The molecule has 0 heterocycles. The van der Waals surface area contributed by atoms with Gasteiger partial charge in [-0.05, 0) is 33.2 Å². The molecule has 1 amide bonds. The van der Waals surface area contributed by atoms with Crippen molar-refractivity contribution in [3.8, 4) is 6.07 Å². The molecule has 86 valence electrons. The smallest absolute Gasteiger partial charge is 0.222 e. The van der Waals surface area contributed by atoms with Gasteiger partial charge in [0.1, 0.15) is 0 Å². The van der Waals surface area contributed by atoms with Crippen LogP contribution in [0.2, 0.25) is 0 Å². The topological polar surface area (TPSA) is 78.9 Å². The van der Waals surface area contributed by atoms with E-state index < -0.39 is 5.41 Å². The SMILES string of the molecule is CC(CCCN)C(=O)NCC(C)(C)C#N. The summed E-state index contributed by atoms with van der Waals surface area (Å²) < 4.78 is 0. The molecule has 0 aliphatic carbocycles. The molecule has 0 saturated carbocycles.